The highest BCUT2D eigenvalue weighted by Gasteiger charge is 2.45. The number of carbonyl (C=O) groups is 5. The topological polar surface area (TPSA) is 126 Å². The van der Waals surface area contributed by atoms with E-state index in [1.807, 2.05) is 36.7 Å². The highest BCUT2D eigenvalue weighted by Crippen LogP contribution is 2.37. The Morgan fingerprint density at radius 3 is 2.22 bits per heavy atom. The van der Waals surface area contributed by atoms with Gasteiger partial charge in [0.25, 0.3) is 11.8 Å². The van der Waals surface area contributed by atoms with E-state index in [0.717, 1.165) is 75.4 Å². The Morgan fingerprint density at radius 1 is 0.927 bits per heavy atom. The maximum atomic E-state index is 13.6. The molecule has 3 aliphatic heterocycles. The molecule has 276 valence electrons. The van der Waals surface area contributed by atoms with Gasteiger partial charge in [0.15, 0.2) is 0 Å². The lowest BCUT2D eigenvalue weighted by Crippen LogP contribution is -2.54. The van der Waals surface area contributed by atoms with Crippen LogP contribution in [-0.4, -0.2) is 55.2 Å². The number of imide groups is 2. The fourth-order valence-electron chi connectivity index (χ4n) is 8.13. The second-order valence-corrected chi connectivity index (χ2v) is 15.2. The lowest BCUT2D eigenvalue weighted by Gasteiger charge is -2.28. The van der Waals surface area contributed by atoms with E-state index < -0.39 is 29.7 Å². The van der Waals surface area contributed by atoms with Gasteiger partial charge in [-0.1, -0.05) is 47.7 Å². The van der Waals surface area contributed by atoms with Crippen molar-refractivity contribution in [2.24, 2.45) is 11.8 Å². The summed E-state index contributed by atoms with van der Waals surface area (Å²) in [6, 6.07) is 16.0. The summed E-state index contributed by atoms with van der Waals surface area (Å²) >= 11 is 6.30. The van der Waals surface area contributed by atoms with E-state index in [4.69, 9.17) is 23.3 Å². The summed E-state index contributed by atoms with van der Waals surface area (Å²) in [5.74, 6) is 4.82. The Labute approximate surface area is 323 Å². The molecule has 5 amide bonds. The summed E-state index contributed by atoms with van der Waals surface area (Å²) in [5.41, 5.74) is 8.45. The first-order valence-electron chi connectivity index (χ1n) is 18.5. The molecular weight excluding hydrogens is 716 g/mol. The van der Waals surface area contributed by atoms with Crippen LogP contribution in [0, 0.1) is 44.1 Å². The van der Waals surface area contributed by atoms with E-state index in [2.05, 4.69) is 34.1 Å². The van der Waals surface area contributed by atoms with E-state index in [1.54, 1.807) is 29.2 Å². The van der Waals surface area contributed by atoms with Gasteiger partial charge >= 0.3 is 0 Å². The van der Waals surface area contributed by atoms with Crippen molar-refractivity contribution in [3.05, 3.63) is 116 Å². The van der Waals surface area contributed by atoms with Crippen LogP contribution in [-0.2, 0) is 34.0 Å². The first-order valence-corrected chi connectivity index (χ1v) is 18.8. The number of nitrogens with one attached hydrogen (secondary N) is 1. The van der Waals surface area contributed by atoms with Gasteiger partial charge in [-0.25, -0.2) is 4.85 Å². The van der Waals surface area contributed by atoms with Crippen molar-refractivity contribution in [2.75, 3.05) is 0 Å². The smallest absolute Gasteiger partial charge is 0.262 e. The van der Waals surface area contributed by atoms with E-state index in [0.29, 0.717) is 30.3 Å². The molecule has 1 aliphatic carbocycles. The molecular formula is C43H37ClN6O5. The van der Waals surface area contributed by atoms with Crippen LogP contribution < -0.4 is 5.32 Å². The van der Waals surface area contributed by atoms with Crippen molar-refractivity contribution >= 4 is 46.8 Å². The molecule has 0 radical (unpaired) electrons. The number of hydrogen-bond acceptors (Lipinski definition) is 6. The standard InChI is InChI=1S/C43H37ClN6O5/c1-24-25(2)49(47-39(24)30-14-15-36(45-3)35(44)20-30)21-28-8-6-26(7-9-28)4-5-27-10-12-29(13-11-27)41(53)48-22-31-18-33-34(19-32(31)23-48)43(55)50(42(33)54)37-16-17-38(51)46-40(37)52/h6-9,14-15,18-20,27,29,37H,10-13,16-17,21-23H2,1-2H3,(H,46,51,52). The average molecular weight is 753 g/mol. The lowest BCUT2D eigenvalue weighted by molar-refractivity contribution is -0.138. The van der Waals surface area contributed by atoms with Crippen LogP contribution >= 0.6 is 11.6 Å². The minimum absolute atomic E-state index is 0.0660. The summed E-state index contributed by atoms with van der Waals surface area (Å²) in [4.78, 5) is 70.4. The number of rotatable bonds is 5. The van der Waals surface area contributed by atoms with Crippen molar-refractivity contribution < 1.29 is 24.0 Å². The van der Waals surface area contributed by atoms with Crippen molar-refractivity contribution in [1.29, 1.82) is 0 Å². The summed E-state index contributed by atoms with van der Waals surface area (Å²) in [5, 5.41) is 7.50. The minimum Gasteiger partial charge on any atom is -0.334 e. The summed E-state index contributed by atoms with van der Waals surface area (Å²) < 4.78 is 1.98. The average Bonchev–Trinajstić information content (AvgIpc) is 3.81. The van der Waals surface area contributed by atoms with Crippen molar-refractivity contribution in [3.63, 3.8) is 0 Å². The van der Waals surface area contributed by atoms with Crippen LogP contribution in [0.25, 0.3) is 16.1 Å². The molecule has 0 spiro atoms. The minimum atomic E-state index is -1.01. The predicted octanol–water partition coefficient (Wildman–Crippen LogP) is 6.52. The zero-order valence-corrected chi connectivity index (χ0v) is 31.2. The van der Waals surface area contributed by atoms with Gasteiger partial charge in [0.1, 0.15) is 6.04 Å². The highest BCUT2D eigenvalue weighted by atomic mass is 35.5. The van der Waals surface area contributed by atoms with Crippen LogP contribution in [0.1, 0.15) is 92.8 Å². The van der Waals surface area contributed by atoms with Crippen LogP contribution in [0.5, 0.6) is 0 Å². The number of fused-ring (bicyclic) bond motifs is 2. The van der Waals surface area contributed by atoms with Gasteiger partial charge in [0.05, 0.1) is 29.9 Å². The molecule has 1 N–H and O–H groups in total. The van der Waals surface area contributed by atoms with Crippen molar-refractivity contribution in [3.8, 4) is 23.1 Å². The van der Waals surface area contributed by atoms with Gasteiger partial charge in [-0.2, -0.15) is 5.10 Å². The third-order valence-corrected chi connectivity index (χ3v) is 11.7. The molecule has 4 aromatic rings. The van der Waals surface area contributed by atoms with Gasteiger partial charge in [-0.05, 0) is 98.5 Å². The number of amides is 5. The normalized spacial score (nSPS) is 20.4. The second kappa shape index (κ2) is 14.3. The van der Waals surface area contributed by atoms with Crippen LogP contribution in [0.3, 0.4) is 0 Å². The molecule has 3 aromatic carbocycles. The number of aromatic nitrogens is 2. The Balaban J connectivity index is 0.846. The molecule has 1 atom stereocenters. The molecule has 4 heterocycles. The van der Waals surface area contributed by atoms with Gasteiger partial charge in [-0.3, -0.25) is 38.9 Å². The zero-order valence-electron chi connectivity index (χ0n) is 30.4. The number of piperidine rings is 1. The summed E-state index contributed by atoms with van der Waals surface area (Å²) in [7, 11) is 0. The maximum Gasteiger partial charge on any atom is 0.262 e. The van der Waals surface area contributed by atoms with E-state index in [9.17, 15) is 24.0 Å². The molecule has 4 aliphatic rings. The van der Waals surface area contributed by atoms with E-state index in [1.165, 1.54) is 0 Å². The van der Waals surface area contributed by atoms with Gasteiger partial charge in [0.2, 0.25) is 23.4 Å². The van der Waals surface area contributed by atoms with Crippen molar-refractivity contribution in [2.45, 2.75) is 78.0 Å². The quantitative estimate of drug-likeness (QED) is 0.141. The predicted molar refractivity (Wildman–Crippen MR) is 204 cm³/mol. The molecule has 8 rings (SSSR count). The number of benzene rings is 3. The van der Waals surface area contributed by atoms with E-state index in [-0.39, 0.29) is 41.7 Å². The van der Waals surface area contributed by atoms with Crippen LogP contribution in [0.15, 0.2) is 54.6 Å². The third-order valence-electron chi connectivity index (χ3n) is 11.4. The molecule has 55 heavy (non-hydrogen) atoms. The molecule has 1 saturated heterocycles. The largest absolute Gasteiger partial charge is 0.334 e. The Kier molecular flexibility index (Phi) is 9.36. The van der Waals surface area contributed by atoms with Crippen LogP contribution in [0.4, 0.5) is 5.69 Å². The summed E-state index contributed by atoms with van der Waals surface area (Å²) in [6.45, 7) is 12.7. The Morgan fingerprint density at radius 2 is 1.60 bits per heavy atom. The number of hydrogen-bond donors (Lipinski definition) is 1. The molecule has 1 saturated carbocycles. The number of nitrogens with zero attached hydrogens (tertiary/aromatic N) is 5. The SMILES string of the molecule is [C-]#[N+]c1ccc(-c2nn(Cc3ccc(C#CC4CCC(C(=O)N5Cc6cc7c(cc6C5)C(=O)N(C5CCC(=O)NC5=O)C7=O)CC4)cc3)c(C)c2C)cc1Cl. The Hall–Kier alpha value is -6.04. The Bertz CT molecular complexity index is 2380. The molecule has 0 bridgehead atoms. The zero-order chi connectivity index (χ0) is 38.5. The van der Waals surface area contributed by atoms with Gasteiger partial charge in [0, 0.05) is 53.2 Å². The molecule has 11 nitrogen and oxygen atoms in total. The van der Waals surface area contributed by atoms with Crippen LogP contribution in [0.2, 0.25) is 5.02 Å². The molecule has 1 aromatic heterocycles. The first-order chi connectivity index (χ1) is 26.5. The fourth-order valence-corrected chi connectivity index (χ4v) is 8.35. The third kappa shape index (κ3) is 6.70. The van der Waals surface area contributed by atoms with Gasteiger partial charge < -0.3 is 4.90 Å². The second-order valence-electron chi connectivity index (χ2n) is 14.8. The molecule has 2 fully saturated rings. The monoisotopic (exact) mass is 752 g/mol. The molecule has 1 unspecified atom stereocenters. The van der Waals surface area contributed by atoms with E-state index >= 15 is 0 Å². The number of carbonyl (C=O) groups excluding carboxylic acids is 5. The first kappa shape index (κ1) is 36.0. The highest BCUT2D eigenvalue weighted by molar-refractivity contribution is 6.33. The molecule has 12 heteroatoms. The summed E-state index contributed by atoms with van der Waals surface area (Å²) in [6.07, 6.45) is 3.34. The number of halogens is 1. The van der Waals surface area contributed by atoms with Gasteiger partial charge in [-0.15, -0.1) is 0 Å². The maximum absolute atomic E-state index is 13.6. The fraction of sp³-hybridized carbons (Fsp3) is 0.326. The van der Waals surface area contributed by atoms with Crippen molar-refractivity contribution in [1.82, 2.24) is 24.9 Å². The lowest BCUT2D eigenvalue weighted by atomic mass is 9.81.